The van der Waals surface area contributed by atoms with E-state index in [0.717, 1.165) is 6.42 Å². The van der Waals surface area contributed by atoms with Gasteiger partial charge in [0.2, 0.25) is 0 Å². The number of anilines is 1. The SMILES string of the molecule is C[C@@H]1CCCC[C@@H]1Nc1ccccc1[N+](=O)[O-]. The van der Waals surface area contributed by atoms with Gasteiger partial charge in [0.1, 0.15) is 5.69 Å². The van der Waals surface area contributed by atoms with Crippen LogP contribution in [0.15, 0.2) is 24.3 Å². The Morgan fingerprint density at radius 1 is 1.29 bits per heavy atom. The molecule has 1 fully saturated rings. The first kappa shape index (κ1) is 11.9. The van der Waals surface area contributed by atoms with Gasteiger partial charge in [-0.3, -0.25) is 10.1 Å². The van der Waals surface area contributed by atoms with Crippen molar-refractivity contribution in [3.05, 3.63) is 34.4 Å². The standard InChI is InChI=1S/C13H18N2O2/c1-10-6-2-3-7-11(10)14-12-8-4-5-9-13(12)15(16)17/h4-5,8-11,14H,2-3,6-7H2,1H3/t10-,11+/m1/s1. The number of nitrogens with one attached hydrogen (secondary N) is 1. The first-order chi connectivity index (χ1) is 8.18. The summed E-state index contributed by atoms with van der Waals surface area (Å²) in [6.07, 6.45) is 4.80. The Balaban J connectivity index is 2.14. The summed E-state index contributed by atoms with van der Waals surface area (Å²) in [6, 6.07) is 7.25. The maximum Gasteiger partial charge on any atom is 0.292 e. The van der Waals surface area contributed by atoms with E-state index in [4.69, 9.17) is 0 Å². The molecule has 0 amide bonds. The summed E-state index contributed by atoms with van der Waals surface area (Å²) in [6.45, 7) is 2.21. The van der Waals surface area contributed by atoms with Crippen molar-refractivity contribution in [2.24, 2.45) is 5.92 Å². The van der Waals surface area contributed by atoms with Gasteiger partial charge in [0.05, 0.1) is 4.92 Å². The largest absolute Gasteiger partial charge is 0.376 e. The lowest BCUT2D eigenvalue weighted by Gasteiger charge is -2.30. The second kappa shape index (κ2) is 5.17. The summed E-state index contributed by atoms with van der Waals surface area (Å²) in [5.41, 5.74) is 0.821. The summed E-state index contributed by atoms with van der Waals surface area (Å²) in [4.78, 5) is 10.6. The Labute approximate surface area is 101 Å². The van der Waals surface area contributed by atoms with E-state index in [-0.39, 0.29) is 10.6 Å². The minimum absolute atomic E-state index is 0.172. The number of para-hydroxylation sites is 2. The molecule has 0 saturated heterocycles. The zero-order valence-electron chi connectivity index (χ0n) is 10.1. The molecule has 1 aliphatic carbocycles. The zero-order chi connectivity index (χ0) is 12.3. The van der Waals surface area contributed by atoms with Gasteiger partial charge in [-0.2, -0.15) is 0 Å². The van der Waals surface area contributed by atoms with Crippen molar-refractivity contribution >= 4 is 11.4 Å². The zero-order valence-corrected chi connectivity index (χ0v) is 10.1. The first-order valence-electron chi connectivity index (χ1n) is 6.18. The molecule has 0 aromatic heterocycles. The molecule has 0 spiro atoms. The molecule has 1 aromatic rings. The average Bonchev–Trinajstić information content (AvgIpc) is 2.32. The molecule has 0 aliphatic heterocycles. The van der Waals surface area contributed by atoms with E-state index in [0.29, 0.717) is 17.6 Å². The molecule has 4 nitrogen and oxygen atoms in total. The lowest BCUT2D eigenvalue weighted by atomic mass is 9.86. The van der Waals surface area contributed by atoms with Gasteiger partial charge in [-0.25, -0.2) is 0 Å². The monoisotopic (exact) mass is 234 g/mol. The molecule has 1 aliphatic rings. The number of nitro groups is 1. The van der Waals surface area contributed by atoms with Gasteiger partial charge in [0.15, 0.2) is 0 Å². The van der Waals surface area contributed by atoms with Gasteiger partial charge < -0.3 is 5.32 Å². The van der Waals surface area contributed by atoms with Crippen LogP contribution in [0.1, 0.15) is 32.6 Å². The Morgan fingerprint density at radius 2 is 2.00 bits per heavy atom. The van der Waals surface area contributed by atoms with Gasteiger partial charge in [0, 0.05) is 12.1 Å². The molecule has 2 atom stereocenters. The van der Waals surface area contributed by atoms with Crippen LogP contribution in [-0.4, -0.2) is 11.0 Å². The summed E-state index contributed by atoms with van der Waals surface area (Å²) in [5, 5.41) is 14.2. The maximum atomic E-state index is 10.9. The van der Waals surface area contributed by atoms with E-state index < -0.39 is 0 Å². The normalized spacial score (nSPS) is 24.3. The molecular formula is C13H18N2O2. The Bertz CT molecular complexity index is 406. The van der Waals surface area contributed by atoms with Gasteiger partial charge >= 0.3 is 0 Å². The van der Waals surface area contributed by atoms with Crippen molar-refractivity contribution in [3.63, 3.8) is 0 Å². The van der Waals surface area contributed by atoms with E-state index in [2.05, 4.69) is 12.2 Å². The number of nitro benzene ring substituents is 1. The van der Waals surface area contributed by atoms with E-state index >= 15 is 0 Å². The van der Waals surface area contributed by atoms with Gasteiger partial charge in [0.25, 0.3) is 5.69 Å². The number of rotatable bonds is 3. The van der Waals surface area contributed by atoms with E-state index in [1.54, 1.807) is 18.2 Å². The van der Waals surface area contributed by atoms with Gasteiger partial charge in [-0.15, -0.1) is 0 Å². The minimum Gasteiger partial charge on any atom is -0.376 e. The fraction of sp³-hybridized carbons (Fsp3) is 0.538. The Hall–Kier alpha value is -1.58. The minimum atomic E-state index is -0.324. The highest BCUT2D eigenvalue weighted by atomic mass is 16.6. The van der Waals surface area contributed by atoms with Crippen LogP contribution in [-0.2, 0) is 0 Å². The molecule has 2 rings (SSSR count). The Morgan fingerprint density at radius 3 is 2.71 bits per heavy atom. The molecule has 0 unspecified atom stereocenters. The van der Waals surface area contributed by atoms with Crippen molar-refractivity contribution in [2.45, 2.75) is 38.6 Å². The number of benzene rings is 1. The van der Waals surface area contributed by atoms with Crippen molar-refractivity contribution in [3.8, 4) is 0 Å². The molecule has 4 heteroatoms. The molecule has 1 N–H and O–H groups in total. The predicted octanol–water partition coefficient (Wildman–Crippen LogP) is 3.59. The van der Waals surface area contributed by atoms with Gasteiger partial charge in [-0.1, -0.05) is 31.9 Å². The van der Waals surface area contributed by atoms with Crippen molar-refractivity contribution in [1.82, 2.24) is 0 Å². The smallest absolute Gasteiger partial charge is 0.292 e. The molecule has 0 bridgehead atoms. The molecule has 0 heterocycles. The molecule has 0 radical (unpaired) electrons. The second-order valence-corrected chi connectivity index (χ2v) is 4.79. The van der Waals surface area contributed by atoms with Crippen LogP contribution in [0.2, 0.25) is 0 Å². The predicted molar refractivity (Wildman–Crippen MR) is 68.1 cm³/mol. The lowest BCUT2D eigenvalue weighted by Crippen LogP contribution is -2.30. The topological polar surface area (TPSA) is 55.2 Å². The third-order valence-electron chi connectivity index (χ3n) is 3.55. The second-order valence-electron chi connectivity index (χ2n) is 4.79. The lowest BCUT2D eigenvalue weighted by molar-refractivity contribution is -0.384. The third kappa shape index (κ3) is 2.75. The van der Waals surface area contributed by atoms with Crippen LogP contribution in [0, 0.1) is 16.0 Å². The third-order valence-corrected chi connectivity index (χ3v) is 3.55. The van der Waals surface area contributed by atoms with Crippen LogP contribution in [0.25, 0.3) is 0 Å². The molecule has 92 valence electrons. The van der Waals surface area contributed by atoms with Crippen LogP contribution in [0.5, 0.6) is 0 Å². The number of hydrogen-bond donors (Lipinski definition) is 1. The molecular weight excluding hydrogens is 216 g/mol. The first-order valence-corrected chi connectivity index (χ1v) is 6.18. The van der Waals surface area contributed by atoms with Crippen molar-refractivity contribution < 1.29 is 4.92 Å². The van der Waals surface area contributed by atoms with Gasteiger partial charge in [-0.05, 0) is 24.8 Å². The van der Waals surface area contributed by atoms with Crippen LogP contribution < -0.4 is 5.32 Å². The fourth-order valence-electron chi connectivity index (χ4n) is 2.49. The molecule has 1 aromatic carbocycles. The average molecular weight is 234 g/mol. The highest BCUT2D eigenvalue weighted by Gasteiger charge is 2.23. The quantitative estimate of drug-likeness (QED) is 0.642. The van der Waals surface area contributed by atoms with Crippen molar-refractivity contribution in [1.29, 1.82) is 0 Å². The van der Waals surface area contributed by atoms with Crippen LogP contribution in [0.4, 0.5) is 11.4 Å². The molecule has 1 saturated carbocycles. The van der Waals surface area contributed by atoms with Crippen LogP contribution >= 0.6 is 0 Å². The van der Waals surface area contributed by atoms with Crippen LogP contribution in [0.3, 0.4) is 0 Å². The highest BCUT2D eigenvalue weighted by Crippen LogP contribution is 2.30. The van der Waals surface area contributed by atoms with E-state index in [1.807, 2.05) is 6.07 Å². The Kier molecular flexibility index (Phi) is 3.61. The van der Waals surface area contributed by atoms with E-state index in [9.17, 15) is 10.1 Å². The maximum absolute atomic E-state index is 10.9. The van der Waals surface area contributed by atoms with Crippen molar-refractivity contribution in [2.75, 3.05) is 5.32 Å². The number of nitrogens with zero attached hydrogens (tertiary/aromatic N) is 1. The summed E-state index contributed by atoms with van der Waals surface area (Å²) < 4.78 is 0. The number of hydrogen-bond acceptors (Lipinski definition) is 3. The van der Waals surface area contributed by atoms with E-state index in [1.165, 1.54) is 19.3 Å². The summed E-state index contributed by atoms with van der Waals surface area (Å²) >= 11 is 0. The fourth-order valence-corrected chi connectivity index (χ4v) is 2.49. The summed E-state index contributed by atoms with van der Waals surface area (Å²) in [7, 11) is 0. The molecule has 17 heavy (non-hydrogen) atoms. The summed E-state index contributed by atoms with van der Waals surface area (Å²) in [5.74, 6) is 0.587. The highest BCUT2D eigenvalue weighted by molar-refractivity contribution is 5.61.